The molecule has 4 heteroatoms. The lowest BCUT2D eigenvalue weighted by molar-refractivity contribution is 0.0285. The minimum Gasteiger partial charge on any atom is -0.444 e. The van der Waals surface area contributed by atoms with Crippen molar-refractivity contribution in [3.8, 4) is 0 Å². The molecule has 1 aliphatic heterocycles. The van der Waals surface area contributed by atoms with E-state index in [0.29, 0.717) is 11.8 Å². The van der Waals surface area contributed by atoms with E-state index in [1.54, 1.807) is 4.90 Å². The SMILES string of the molecule is CC(C)C(N)C1CCN(C(=O)OC(C)(C)C)C1. The van der Waals surface area contributed by atoms with E-state index in [1.807, 2.05) is 20.8 Å². The quantitative estimate of drug-likeness (QED) is 0.808. The first-order chi connectivity index (χ1) is 7.70. The average molecular weight is 242 g/mol. The number of nitrogens with two attached hydrogens (primary N) is 1. The van der Waals surface area contributed by atoms with Gasteiger partial charge in [-0.05, 0) is 39.0 Å². The fourth-order valence-corrected chi connectivity index (χ4v) is 2.14. The number of likely N-dealkylation sites (tertiary alicyclic amines) is 1. The van der Waals surface area contributed by atoms with Gasteiger partial charge in [-0.1, -0.05) is 13.8 Å². The molecule has 0 aliphatic carbocycles. The van der Waals surface area contributed by atoms with Crippen LogP contribution in [0.1, 0.15) is 41.0 Å². The largest absolute Gasteiger partial charge is 0.444 e. The zero-order valence-electron chi connectivity index (χ0n) is 11.7. The van der Waals surface area contributed by atoms with Gasteiger partial charge in [0.15, 0.2) is 0 Å². The van der Waals surface area contributed by atoms with Gasteiger partial charge >= 0.3 is 6.09 Å². The first-order valence-corrected chi connectivity index (χ1v) is 6.44. The van der Waals surface area contributed by atoms with Crippen molar-refractivity contribution in [2.75, 3.05) is 13.1 Å². The van der Waals surface area contributed by atoms with Gasteiger partial charge in [-0.3, -0.25) is 0 Å². The Morgan fingerprint density at radius 2 is 2.00 bits per heavy atom. The van der Waals surface area contributed by atoms with Crippen LogP contribution in [-0.2, 0) is 4.74 Å². The second-order valence-electron chi connectivity index (χ2n) is 6.30. The van der Waals surface area contributed by atoms with Gasteiger partial charge in [-0.15, -0.1) is 0 Å². The van der Waals surface area contributed by atoms with E-state index in [2.05, 4.69) is 13.8 Å². The summed E-state index contributed by atoms with van der Waals surface area (Å²) in [6.45, 7) is 11.4. The maximum absolute atomic E-state index is 11.9. The van der Waals surface area contributed by atoms with Crippen LogP contribution in [0.25, 0.3) is 0 Å². The number of ether oxygens (including phenoxy) is 1. The molecule has 2 N–H and O–H groups in total. The predicted molar refractivity (Wildman–Crippen MR) is 68.7 cm³/mol. The molecule has 0 aromatic rings. The van der Waals surface area contributed by atoms with E-state index < -0.39 is 5.60 Å². The highest BCUT2D eigenvalue weighted by molar-refractivity contribution is 5.68. The molecule has 2 unspecified atom stereocenters. The number of rotatable bonds is 2. The van der Waals surface area contributed by atoms with Gasteiger partial charge in [0.25, 0.3) is 0 Å². The van der Waals surface area contributed by atoms with E-state index in [0.717, 1.165) is 19.5 Å². The third-order valence-electron chi connectivity index (χ3n) is 3.19. The van der Waals surface area contributed by atoms with Crippen LogP contribution in [0.5, 0.6) is 0 Å². The van der Waals surface area contributed by atoms with Crippen molar-refractivity contribution in [3.05, 3.63) is 0 Å². The van der Waals surface area contributed by atoms with Gasteiger partial charge in [0.2, 0.25) is 0 Å². The lowest BCUT2D eigenvalue weighted by Crippen LogP contribution is -2.39. The standard InChI is InChI=1S/C13H26N2O2/c1-9(2)11(14)10-6-7-15(8-10)12(16)17-13(3,4)5/h9-11H,6-8,14H2,1-5H3. The Hall–Kier alpha value is -0.770. The van der Waals surface area contributed by atoms with Crippen molar-refractivity contribution < 1.29 is 9.53 Å². The molecule has 1 fully saturated rings. The summed E-state index contributed by atoms with van der Waals surface area (Å²) in [5.41, 5.74) is 5.71. The minimum atomic E-state index is -0.421. The van der Waals surface area contributed by atoms with E-state index in [4.69, 9.17) is 10.5 Å². The second-order valence-corrected chi connectivity index (χ2v) is 6.30. The molecule has 1 saturated heterocycles. The summed E-state index contributed by atoms with van der Waals surface area (Å²) in [6, 6.07) is 0.169. The van der Waals surface area contributed by atoms with Crippen molar-refractivity contribution in [1.29, 1.82) is 0 Å². The van der Waals surface area contributed by atoms with Gasteiger partial charge in [0.05, 0.1) is 0 Å². The molecule has 0 aromatic heterocycles. The molecule has 17 heavy (non-hydrogen) atoms. The van der Waals surface area contributed by atoms with E-state index in [9.17, 15) is 4.79 Å². The van der Waals surface area contributed by atoms with Gasteiger partial charge in [0.1, 0.15) is 5.60 Å². The van der Waals surface area contributed by atoms with Gasteiger partial charge in [0, 0.05) is 19.1 Å². The van der Waals surface area contributed by atoms with Gasteiger partial charge in [-0.25, -0.2) is 4.79 Å². The van der Waals surface area contributed by atoms with Crippen molar-refractivity contribution >= 4 is 6.09 Å². The maximum Gasteiger partial charge on any atom is 0.410 e. The molecule has 0 aromatic carbocycles. The fraction of sp³-hybridized carbons (Fsp3) is 0.923. The summed E-state index contributed by atoms with van der Waals surface area (Å²) < 4.78 is 5.36. The minimum absolute atomic E-state index is 0.169. The van der Waals surface area contributed by atoms with Crippen molar-refractivity contribution in [2.45, 2.75) is 52.7 Å². The zero-order chi connectivity index (χ0) is 13.2. The van der Waals surface area contributed by atoms with E-state index in [-0.39, 0.29) is 12.1 Å². The Morgan fingerprint density at radius 3 is 2.47 bits per heavy atom. The normalized spacial score (nSPS) is 23.0. The smallest absolute Gasteiger partial charge is 0.410 e. The molecule has 0 spiro atoms. The van der Waals surface area contributed by atoms with Gasteiger partial charge in [-0.2, -0.15) is 0 Å². The van der Waals surface area contributed by atoms with Crippen LogP contribution in [-0.4, -0.2) is 35.7 Å². The Kier molecular flexibility index (Phi) is 4.42. The fourth-order valence-electron chi connectivity index (χ4n) is 2.14. The molecule has 0 bridgehead atoms. The highest BCUT2D eigenvalue weighted by Crippen LogP contribution is 2.24. The molecule has 1 rings (SSSR count). The predicted octanol–water partition coefficient (Wildman–Crippen LogP) is 2.23. The summed E-state index contributed by atoms with van der Waals surface area (Å²) in [7, 11) is 0. The molecule has 0 radical (unpaired) electrons. The molecule has 0 saturated carbocycles. The van der Waals surface area contributed by atoms with Crippen molar-refractivity contribution in [1.82, 2.24) is 4.90 Å². The summed E-state index contributed by atoms with van der Waals surface area (Å²) in [5, 5.41) is 0. The number of hydrogen-bond acceptors (Lipinski definition) is 3. The van der Waals surface area contributed by atoms with Crippen molar-refractivity contribution in [3.63, 3.8) is 0 Å². The van der Waals surface area contributed by atoms with E-state index in [1.165, 1.54) is 0 Å². The average Bonchev–Trinajstić information content (AvgIpc) is 2.62. The molecule has 100 valence electrons. The van der Waals surface area contributed by atoms with Crippen molar-refractivity contribution in [2.24, 2.45) is 17.6 Å². The molecule has 1 heterocycles. The first-order valence-electron chi connectivity index (χ1n) is 6.44. The molecule has 1 amide bonds. The molecule has 4 nitrogen and oxygen atoms in total. The highest BCUT2D eigenvalue weighted by Gasteiger charge is 2.33. The van der Waals surface area contributed by atoms with Crippen LogP contribution in [0.3, 0.4) is 0 Å². The third-order valence-corrected chi connectivity index (χ3v) is 3.19. The van der Waals surface area contributed by atoms with Crippen LogP contribution >= 0.6 is 0 Å². The van der Waals surface area contributed by atoms with Crippen LogP contribution in [0.15, 0.2) is 0 Å². The monoisotopic (exact) mass is 242 g/mol. The summed E-state index contributed by atoms with van der Waals surface area (Å²) >= 11 is 0. The summed E-state index contributed by atoms with van der Waals surface area (Å²) in [6.07, 6.45) is 0.773. The summed E-state index contributed by atoms with van der Waals surface area (Å²) in [5.74, 6) is 0.862. The maximum atomic E-state index is 11.9. The number of amides is 1. The Bertz CT molecular complexity index is 271. The third kappa shape index (κ3) is 4.19. The number of carbonyl (C=O) groups excluding carboxylic acids is 1. The lowest BCUT2D eigenvalue weighted by Gasteiger charge is -2.26. The van der Waals surface area contributed by atoms with Crippen LogP contribution in [0.2, 0.25) is 0 Å². The van der Waals surface area contributed by atoms with E-state index >= 15 is 0 Å². The number of hydrogen-bond donors (Lipinski definition) is 1. The van der Waals surface area contributed by atoms with Crippen LogP contribution in [0.4, 0.5) is 4.79 Å². The lowest BCUT2D eigenvalue weighted by atomic mass is 9.91. The Balaban J connectivity index is 2.48. The Labute approximate surface area is 104 Å². The Morgan fingerprint density at radius 1 is 1.41 bits per heavy atom. The first kappa shape index (κ1) is 14.3. The second kappa shape index (κ2) is 5.25. The molecule has 1 aliphatic rings. The van der Waals surface area contributed by atoms with Crippen LogP contribution < -0.4 is 5.73 Å². The zero-order valence-corrected chi connectivity index (χ0v) is 11.7. The molecular formula is C13H26N2O2. The topological polar surface area (TPSA) is 55.6 Å². The van der Waals surface area contributed by atoms with Gasteiger partial charge < -0.3 is 15.4 Å². The molecular weight excluding hydrogens is 216 g/mol. The van der Waals surface area contributed by atoms with Crippen LogP contribution in [0, 0.1) is 11.8 Å². The summed E-state index contributed by atoms with van der Waals surface area (Å²) in [4.78, 5) is 13.6. The highest BCUT2D eigenvalue weighted by atomic mass is 16.6. The number of carbonyl (C=O) groups is 1. The number of nitrogens with zero attached hydrogens (tertiary/aromatic N) is 1. The molecule has 2 atom stereocenters.